The molecule has 0 heterocycles. The van der Waals surface area contributed by atoms with E-state index in [1.165, 1.54) is 0 Å². The highest BCUT2D eigenvalue weighted by Gasteiger charge is 2.15. The predicted molar refractivity (Wildman–Crippen MR) is 106 cm³/mol. The number of ether oxygens (including phenoxy) is 1. The fraction of sp³-hybridized carbons (Fsp3) is 0.130. The van der Waals surface area contributed by atoms with Gasteiger partial charge in [0, 0.05) is 16.7 Å². The maximum Gasteiger partial charge on any atom is 0.255 e. The third-order valence-electron chi connectivity index (χ3n) is 4.05. The normalized spacial score (nSPS) is 10.3. The van der Waals surface area contributed by atoms with Gasteiger partial charge in [-0.15, -0.1) is 0 Å². The number of rotatable bonds is 7. The van der Waals surface area contributed by atoms with Crippen LogP contribution in [0.2, 0.25) is 0 Å². The monoisotopic (exact) mass is 359 g/mol. The van der Waals surface area contributed by atoms with Crippen LogP contribution in [0.3, 0.4) is 0 Å². The molecule has 3 aromatic carbocycles. The van der Waals surface area contributed by atoms with Crippen LogP contribution >= 0.6 is 0 Å². The second kappa shape index (κ2) is 8.81. The summed E-state index contributed by atoms with van der Waals surface area (Å²) in [6.07, 6.45) is 0.925. The zero-order valence-corrected chi connectivity index (χ0v) is 15.1. The summed E-state index contributed by atoms with van der Waals surface area (Å²) in [4.78, 5) is 25.3. The molecule has 136 valence electrons. The number of hydrogen-bond acceptors (Lipinski definition) is 3. The van der Waals surface area contributed by atoms with Crippen molar-refractivity contribution in [3.05, 3.63) is 95.6 Å². The molecule has 0 aromatic heterocycles. The lowest BCUT2D eigenvalue weighted by atomic mass is 10.0. The van der Waals surface area contributed by atoms with Gasteiger partial charge in [-0.05, 0) is 42.8 Å². The molecule has 0 bridgehead atoms. The number of amides is 1. The summed E-state index contributed by atoms with van der Waals surface area (Å²) in [5.74, 6) is 0.327. The van der Waals surface area contributed by atoms with Crippen LogP contribution in [-0.2, 0) is 0 Å². The molecule has 0 aliphatic rings. The molecule has 0 aliphatic carbocycles. The maximum absolute atomic E-state index is 12.8. The van der Waals surface area contributed by atoms with Crippen LogP contribution in [0, 0.1) is 0 Å². The Hall–Kier alpha value is -3.40. The van der Waals surface area contributed by atoms with Gasteiger partial charge in [0.1, 0.15) is 5.75 Å². The number of hydrogen-bond donors (Lipinski definition) is 1. The quantitative estimate of drug-likeness (QED) is 0.607. The van der Waals surface area contributed by atoms with Crippen LogP contribution in [0.1, 0.15) is 39.6 Å². The van der Waals surface area contributed by atoms with E-state index < -0.39 is 0 Å². The highest BCUT2D eigenvalue weighted by Crippen LogP contribution is 2.21. The summed E-state index contributed by atoms with van der Waals surface area (Å²) in [6.45, 7) is 2.68. The molecule has 0 atom stereocenters. The smallest absolute Gasteiger partial charge is 0.255 e. The zero-order chi connectivity index (χ0) is 19.1. The van der Waals surface area contributed by atoms with Gasteiger partial charge in [0.25, 0.3) is 5.91 Å². The third-order valence-corrected chi connectivity index (χ3v) is 4.05. The van der Waals surface area contributed by atoms with Gasteiger partial charge in [0.05, 0.1) is 12.3 Å². The summed E-state index contributed by atoms with van der Waals surface area (Å²) in [5, 5.41) is 2.84. The molecule has 0 unspecified atom stereocenters. The van der Waals surface area contributed by atoms with Gasteiger partial charge >= 0.3 is 0 Å². The highest BCUT2D eigenvalue weighted by atomic mass is 16.5. The van der Waals surface area contributed by atoms with E-state index in [0.29, 0.717) is 29.0 Å². The molecule has 0 spiro atoms. The van der Waals surface area contributed by atoms with E-state index in [-0.39, 0.29) is 11.7 Å². The molecule has 0 aliphatic heterocycles. The van der Waals surface area contributed by atoms with Gasteiger partial charge in [0.15, 0.2) is 5.78 Å². The molecule has 0 radical (unpaired) electrons. The van der Waals surface area contributed by atoms with Crippen LogP contribution in [0.15, 0.2) is 78.9 Å². The Balaban J connectivity index is 1.78. The third kappa shape index (κ3) is 4.61. The molecule has 3 aromatic rings. The molecule has 4 nitrogen and oxygen atoms in total. The summed E-state index contributed by atoms with van der Waals surface area (Å²) >= 11 is 0. The van der Waals surface area contributed by atoms with Gasteiger partial charge in [-0.25, -0.2) is 0 Å². The van der Waals surface area contributed by atoms with Crippen molar-refractivity contribution < 1.29 is 14.3 Å². The maximum atomic E-state index is 12.8. The van der Waals surface area contributed by atoms with Crippen molar-refractivity contribution in [1.82, 2.24) is 0 Å². The Bertz CT molecular complexity index is 918. The van der Waals surface area contributed by atoms with Crippen LogP contribution in [0.4, 0.5) is 5.69 Å². The Morgan fingerprint density at radius 1 is 0.815 bits per heavy atom. The van der Waals surface area contributed by atoms with E-state index in [2.05, 4.69) is 5.32 Å². The van der Waals surface area contributed by atoms with E-state index in [9.17, 15) is 9.59 Å². The summed E-state index contributed by atoms with van der Waals surface area (Å²) in [6, 6.07) is 23.0. The molecule has 27 heavy (non-hydrogen) atoms. The molecule has 0 saturated heterocycles. The lowest BCUT2D eigenvalue weighted by molar-refractivity contribution is 0.102. The number of carbonyl (C=O) groups is 2. The Kier molecular flexibility index (Phi) is 6.00. The Labute approximate surface area is 158 Å². The zero-order valence-electron chi connectivity index (χ0n) is 15.1. The predicted octanol–water partition coefficient (Wildman–Crippen LogP) is 4.96. The molecular formula is C23H21NO3. The van der Waals surface area contributed by atoms with Crippen molar-refractivity contribution >= 4 is 17.4 Å². The molecule has 3 rings (SSSR count). The lowest BCUT2D eigenvalue weighted by Gasteiger charge is -2.11. The van der Waals surface area contributed by atoms with Gasteiger partial charge in [-0.1, -0.05) is 49.4 Å². The van der Waals surface area contributed by atoms with Gasteiger partial charge in [0.2, 0.25) is 0 Å². The second-order valence-corrected chi connectivity index (χ2v) is 6.07. The molecular weight excluding hydrogens is 338 g/mol. The van der Waals surface area contributed by atoms with E-state index in [0.717, 1.165) is 12.2 Å². The second-order valence-electron chi connectivity index (χ2n) is 6.07. The highest BCUT2D eigenvalue weighted by molar-refractivity contribution is 6.15. The average Bonchev–Trinajstić information content (AvgIpc) is 2.73. The Morgan fingerprint density at radius 2 is 1.48 bits per heavy atom. The Morgan fingerprint density at radius 3 is 2.19 bits per heavy atom. The van der Waals surface area contributed by atoms with Crippen LogP contribution in [0.5, 0.6) is 5.75 Å². The van der Waals surface area contributed by atoms with Gasteiger partial charge in [-0.2, -0.15) is 0 Å². The first-order valence-electron chi connectivity index (χ1n) is 8.92. The van der Waals surface area contributed by atoms with Crippen LogP contribution in [-0.4, -0.2) is 18.3 Å². The fourth-order valence-corrected chi connectivity index (χ4v) is 2.65. The molecule has 1 amide bonds. The minimum atomic E-state index is -0.273. The van der Waals surface area contributed by atoms with E-state index in [1.807, 2.05) is 25.1 Å². The summed E-state index contributed by atoms with van der Waals surface area (Å²) < 4.78 is 5.53. The topological polar surface area (TPSA) is 55.4 Å². The number of anilines is 1. The van der Waals surface area contributed by atoms with Gasteiger partial charge < -0.3 is 10.1 Å². The first kappa shape index (κ1) is 18.4. The molecule has 1 N–H and O–H groups in total. The van der Waals surface area contributed by atoms with Crippen molar-refractivity contribution in [2.75, 3.05) is 11.9 Å². The molecule has 0 saturated carbocycles. The number of nitrogens with one attached hydrogen (secondary N) is 1. The average molecular weight is 359 g/mol. The fourth-order valence-electron chi connectivity index (χ4n) is 2.65. The minimum absolute atomic E-state index is 0.130. The standard InChI is InChI=1S/C23H21NO3/c1-2-16-27-19-14-12-18(13-15-19)23(26)24-21-11-7-6-10-20(21)22(25)17-8-4-3-5-9-17/h3-15H,2,16H2,1H3,(H,24,26). The number of carbonyl (C=O) groups excluding carboxylic acids is 2. The minimum Gasteiger partial charge on any atom is -0.494 e. The van der Waals surface area contributed by atoms with E-state index in [1.54, 1.807) is 60.7 Å². The first-order chi connectivity index (χ1) is 13.2. The van der Waals surface area contributed by atoms with Crippen molar-refractivity contribution in [3.8, 4) is 5.75 Å². The molecule has 0 fully saturated rings. The number of para-hydroxylation sites is 1. The summed E-state index contributed by atoms with van der Waals surface area (Å²) in [5.41, 5.74) is 2.03. The van der Waals surface area contributed by atoms with Crippen molar-refractivity contribution in [3.63, 3.8) is 0 Å². The summed E-state index contributed by atoms with van der Waals surface area (Å²) in [7, 11) is 0. The lowest BCUT2D eigenvalue weighted by Crippen LogP contribution is -2.15. The van der Waals surface area contributed by atoms with Crippen molar-refractivity contribution in [2.45, 2.75) is 13.3 Å². The van der Waals surface area contributed by atoms with E-state index in [4.69, 9.17) is 4.74 Å². The molecule has 4 heteroatoms. The number of benzene rings is 3. The van der Waals surface area contributed by atoms with E-state index >= 15 is 0 Å². The van der Waals surface area contributed by atoms with Crippen LogP contribution in [0.25, 0.3) is 0 Å². The largest absolute Gasteiger partial charge is 0.494 e. The van der Waals surface area contributed by atoms with Crippen molar-refractivity contribution in [2.24, 2.45) is 0 Å². The first-order valence-corrected chi connectivity index (χ1v) is 8.92. The number of ketones is 1. The van der Waals surface area contributed by atoms with Gasteiger partial charge in [-0.3, -0.25) is 9.59 Å². The van der Waals surface area contributed by atoms with Crippen molar-refractivity contribution in [1.29, 1.82) is 0 Å². The van der Waals surface area contributed by atoms with Crippen LogP contribution < -0.4 is 10.1 Å². The SMILES string of the molecule is CCCOc1ccc(C(=O)Nc2ccccc2C(=O)c2ccccc2)cc1.